The highest BCUT2D eigenvalue weighted by Crippen LogP contribution is 2.31. The topological polar surface area (TPSA) is 69.6 Å². The number of rotatable bonds is 3. The van der Waals surface area contributed by atoms with Crippen LogP contribution in [0.4, 0.5) is 4.79 Å². The normalized spacial score (nSPS) is 29.0. The average Bonchev–Trinajstić information content (AvgIpc) is 2.43. The molecule has 5 nitrogen and oxygen atoms in total. The number of aliphatic carboxylic acids is 1. The SMILES string of the molecule is CC1(C)CN(C(=O)NCC2CCCCC2C(=O)O)CCS1. The number of carbonyl (C=O) groups excluding carboxylic acids is 1. The highest BCUT2D eigenvalue weighted by molar-refractivity contribution is 8.00. The van der Waals surface area contributed by atoms with Crippen LogP contribution in [0.2, 0.25) is 0 Å². The predicted molar refractivity (Wildman–Crippen MR) is 84.6 cm³/mol. The molecule has 0 radical (unpaired) electrons. The van der Waals surface area contributed by atoms with Gasteiger partial charge in [0, 0.05) is 30.1 Å². The lowest BCUT2D eigenvalue weighted by atomic mass is 9.79. The number of carboxylic acid groups (broad SMARTS) is 1. The second kappa shape index (κ2) is 6.90. The van der Waals surface area contributed by atoms with E-state index in [-0.39, 0.29) is 22.6 Å². The molecule has 1 heterocycles. The van der Waals surface area contributed by atoms with Crippen LogP contribution < -0.4 is 5.32 Å². The van der Waals surface area contributed by atoms with Crippen molar-refractivity contribution in [1.29, 1.82) is 0 Å². The van der Waals surface area contributed by atoms with Gasteiger partial charge in [0.05, 0.1) is 5.92 Å². The second-order valence-corrected chi connectivity index (χ2v) is 8.51. The molecule has 0 aromatic carbocycles. The van der Waals surface area contributed by atoms with Crippen molar-refractivity contribution >= 4 is 23.8 Å². The first kappa shape index (κ1) is 16.5. The standard InChI is InChI=1S/C15H26N2O3S/c1-15(2)10-17(7-8-21-15)14(20)16-9-11-5-3-4-6-12(11)13(18)19/h11-12H,3-10H2,1-2H3,(H,16,20)(H,18,19). The van der Waals surface area contributed by atoms with Crippen molar-refractivity contribution in [1.82, 2.24) is 10.2 Å². The smallest absolute Gasteiger partial charge is 0.317 e. The number of thioether (sulfide) groups is 1. The Morgan fingerprint density at radius 1 is 1.33 bits per heavy atom. The maximum absolute atomic E-state index is 12.3. The van der Waals surface area contributed by atoms with Gasteiger partial charge in [-0.3, -0.25) is 4.79 Å². The maximum atomic E-state index is 12.3. The molecule has 2 fully saturated rings. The lowest BCUT2D eigenvalue weighted by molar-refractivity contribution is -0.144. The lowest BCUT2D eigenvalue weighted by Crippen LogP contribution is -2.51. The van der Waals surface area contributed by atoms with E-state index in [1.54, 1.807) is 0 Å². The highest BCUT2D eigenvalue weighted by Gasteiger charge is 2.33. The van der Waals surface area contributed by atoms with Gasteiger partial charge in [0.2, 0.25) is 0 Å². The van der Waals surface area contributed by atoms with E-state index in [1.807, 2.05) is 16.7 Å². The van der Waals surface area contributed by atoms with Gasteiger partial charge in [-0.15, -0.1) is 0 Å². The molecule has 0 aromatic rings. The zero-order valence-corrected chi connectivity index (χ0v) is 13.7. The van der Waals surface area contributed by atoms with Crippen LogP contribution in [0.5, 0.6) is 0 Å². The van der Waals surface area contributed by atoms with Crippen LogP contribution in [0.15, 0.2) is 0 Å². The Labute approximate surface area is 130 Å². The predicted octanol–water partition coefficient (Wildman–Crippen LogP) is 2.41. The van der Waals surface area contributed by atoms with E-state index in [0.717, 1.165) is 44.5 Å². The molecule has 2 atom stereocenters. The first-order valence-electron chi connectivity index (χ1n) is 7.78. The minimum Gasteiger partial charge on any atom is -0.481 e. The van der Waals surface area contributed by atoms with Crippen molar-refractivity contribution < 1.29 is 14.7 Å². The number of hydrogen-bond acceptors (Lipinski definition) is 3. The number of nitrogens with one attached hydrogen (secondary N) is 1. The summed E-state index contributed by atoms with van der Waals surface area (Å²) < 4.78 is 0.101. The lowest BCUT2D eigenvalue weighted by Gasteiger charge is -2.38. The van der Waals surface area contributed by atoms with Crippen molar-refractivity contribution in [2.24, 2.45) is 11.8 Å². The molecule has 2 N–H and O–H groups in total. The molecule has 1 aliphatic carbocycles. The molecule has 1 aliphatic heterocycles. The van der Waals surface area contributed by atoms with Gasteiger partial charge >= 0.3 is 12.0 Å². The Bertz CT molecular complexity index is 400. The van der Waals surface area contributed by atoms with E-state index in [4.69, 9.17) is 0 Å². The molecule has 6 heteroatoms. The summed E-state index contributed by atoms with van der Waals surface area (Å²) in [5.74, 6) is 0.0194. The van der Waals surface area contributed by atoms with Crippen LogP contribution in [0, 0.1) is 11.8 Å². The average molecular weight is 314 g/mol. The fraction of sp³-hybridized carbons (Fsp3) is 0.867. The van der Waals surface area contributed by atoms with Crippen LogP contribution in [-0.4, -0.2) is 52.1 Å². The van der Waals surface area contributed by atoms with Crippen molar-refractivity contribution in [2.45, 2.75) is 44.3 Å². The zero-order chi connectivity index (χ0) is 15.5. The molecule has 120 valence electrons. The van der Waals surface area contributed by atoms with Crippen molar-refractivity contribution in [3.8, 4) is 0 Å². The summed E-state index contributed by atoms with van der Waals surface area (Å²) in [4.78, 5) is 25.4. The monoisotopic (exact) mass is 314 g/mol. The molecule has 0 bridgehead atoms. The fourth-order valence-electron chi connectivity index (χ4n) is 3.30. The van der Waals surface area contributed by atoms with Crippen LogP contribution in [0.1, 0.15) is 39.5 Å². The summed E-state index contributed by atoms with van der Waals surface area (Å²) in [6.07, 6.45) is 3.69. The van der Waals surface area contributed by atoms with Gasteiger partial charge in [0.15, 0.2) is 0 Å². The number of carbonyl (C=O) groups is 2. The largest absolute Gasteiger partial charge is 0.481 e. The fourth-order valence-corrected chi connectivity index (χ4v) is 4.41. The quantitative estimate of drug-likeness (QED) is 0.839. The van der Waals surface area contributed by atoms with E-state index in [1.165, 1.54) is 0 Å². The van der Waals surface area contributed by atoms with Crippen molar-refractivity contribution in [3.05, 3.63) is 0 Å². The summed E-state index contributed by atoms with van der Waals surface area (Å²) in [6.45, 7) is 6.31. The minimum atomic E-state index is -0.718. The molecule has 1 saturated carbocycles. The maximum Gasteiger partial charge on any atom is 0.317 e. The molecule has 1 saturated heterocycles. The molecular weight excluding hydrogens is 288 g/mol. The first-order valence-corrected chi connectivity index (χ1v) is 8.77. The zero-order valence-electron chi connectivity index (χ0n) is 12.9. The Morgan fingerprint density at radius 2 is 2.05 bits per heavy atom. The van der Waals surface area contributed by atoms with Gasteiger partial charge in [-0.25, -0.2) is 4.79 Å². The van der Waals surface area contributed by atoms with Crippen LogP contribution in [0.3, 0.4) is 0 Å². The van der Waals surface area contributed by atoms with E-state index in [9.17, 15) is 14.7 Å². The van der Waals surface area contributed by atoms with Crippen LogP contribution >= 0.6 is 11.8 Å². The molecule has 21 heavy (non-hydrogen) atoms. The van der Waals surface area contributed by atoms with E-state index in [2.05, 4.69) is 19.2 Å². The molecule has 2 amide bonds. The number of urea groups is 1. The summed E-state index contributed by atoms with van der Waals surface area (Å²) in [5, 5.41) is 12.2. The Balaban J connectivity index is 1.84. The van der Waals surface area contributed by atoms with Gasteiger partial charge in [-0.2, -0.15) is 11.8 Å². The molecule has 2 unspecified atom stereocenters. The second-order valence-electron chi connectivity index (χ2n) is 6.71. The first-order chi connectivity index (χ1) is 9.89. The minimum absolute atomic E-state index is 0.0434. The van der Waals surface area contributed by atoms with E-state index >= 15 is 0 Å². The van der Waals surface area contributed by atoms with Gasteiger partial charge < -0.3 is 15.3 Å². The van der Waals surface area contributed by atoms with Gasteiger partial charge in [0.25, 0.3) is 0 Å². The van der Waals surface area contributed by atoms with Crippen molar-refractivity contribution in [3.63, 3.8) is 0 Å². The number of nitrogens with zero attached hydrogens (tertiary/aromatic N) is 1. The highest BCUT2D eigenvalue weighted by atomic mass is 32.2. The Kier molecular flexibility index (Phi) is 5.41. The molecule has 2 aliphatic rings. The number of amides is 2. The molecule has 2 rings (SSSR count). The van der Waals surface area contributed by atoms with Crippen LogP contribution in [0.25, 0.3) is 0 Å². The summed E-state index contributed by atoms with van der Waals surface area (Å²) in [6, 6.07) is -0.0434. The molecule has 0 spiro atoms. The Hall–Kier alpha value is -0.910. The number of carboxylic acids is 1. The summed E-state index contributed by atoms with van der Waals surface area (Å²) in [5.41, 5.74) is 0. The van der Waals surface area contributed by atoms with E-state index < -0.39 is 5.97 Å². The van der Waals surface area contributed by atoms with Crippen LogP contribution in [-0.2, 0) is 4.79 Å². The van der Waals surface area contributed by atoms with Gasteiger partial charge in [-0.05, 0) is 32.6 Å². The Morgan fingerprint density at radius 3 is 2.71 bits per heavy atom. The summed E-state index contributed by atoms with van der Waals surface area (Å²) in [7, 11) is 0. The third-order valence-corrected chi connectivity index (χ3v) is 5.75. The number of hydrogen-bond donors (Lipinski definition) is 2. The molecular formula is C15H26N2O3S. The third-order valence-electron chi connectivity index (χ3n) is 4.45. The van der Waals surface area contributed by atoms with Gasteiger partial charge in [-0.1, -0.05) is 12.8 Å². The van der Waals surface area contributed by atoms with E-state index in [0.29, 0.717) is 6.54 Å². The summed E-state index contributed by atoms with van der Waals surface area (Å²) >= 11 is 1.89. The third kappa shape index (κ3) is 4.53. The molecule has 0 aromatic heterocycles. The van der Waals surface area contributed by atoms with Gasteiger partial charge in [0.1, 0.15) is 0 Å². The van der Waals surface area contributed by atoms with Crippen molar-refractivity contribution in [2.75, 3.05) is 25.4 Å².